The highest BCUT2D eigenvalue weighted by Gasteiger charge is 2.26. The Kier molecular flexibility index (Phi) is 3.10. The van der Waals surface area contributed by atoms with E-state index in [2.05, 4.69) is 0 Å². The van der Waals surface area contributed by atoms with Crippen molar-refractivity contribution >= 4 is 5.91 Å². The maximum absolute atomic E-state index is 11.9. The van der Waals surface area contributed by atoms with Gasteiger partial charge in [-0.2, -0.15) is 0 Å². The van der Waals surface area contributed by atoms with Crippen LogP contribution in [0, 0.1) is 0 Å². The van der Waals surface area contributed by atoms with Gasteiger partial charge in [0.15, 0.2) is 6.10 Å². The minimum absolute atomic E-state index is 0.00153. The Labute approximate surface area is 95.0 Å². The first-order valence-corrected chi connectivity index (χ1v) is 5.46. The monoisotopic (exact) mass is 220 g/mol. The highest BCUT2D eigenvalue weighted by molar-refractivity contribution is 5.81. The molecule has 0 fully saturated rings. The molecule has 86 valence electrons. The highest BCUT2D eigenvalue weighted by Crippen LogP contribution is 2.24. The molecule has 1 amide bonds. The second kappa shape index (κ2) is 4.53. The second-order valence-corrected chi connectivity index (χ2v) is 3.92. The summed E-state index contributed by atoms with van der Waals surface area (Å²) in [6, 6.07) is 7.73. The molecule has 16 heavy (non-hydrogen) atoms. The summed E-state index contributed by atoms with van der Waals surface area (Å²) in [5, 5.41) is 0. The Morgan fingerprint density at radius 2 is 2.25 bits per heavy atom. The van der Waals surface area contributed by atoms with Gasteiger partial charge >= 0.3 is 0 Å². The Hall–Kier alpha value is -1.55. The van der Waals surface area contributed by atoms with Crippen LogP contribution in [0.4, 0.5) is 0 Å². The lowest BCUT2D eigenvalue weighted by Crippen LogP contribution is -2.40. The molecule has 0 spiro atoms. The lowest BCUT2D eigenvalue weighted by Gasteiger charge is -2.21. The average Bonchev–Trinajstić information content (AvgIpc) is 2.40. The molecule has 1 heterocycles. The summed E-state index contributed by atoms with van der Waals surface area (Å²) in [6.07, 6.45) is -0.435. The zero-order valence-electron chi connectivity index (χ0n) is 9.35. The summed E-state index contributed by atoms with van der Waals surface area (Å²) in [7, 11) is 0. The first-order chi connectivity index (χ1) is 7.72. The number of para-hydroxylation sites is 1. The van der Waals surface area contributed by atoms with E-state index in [-0.39, 0.29) is 5.91 Å². The van der Waals surface area contributed by atoms with Crippen LogP contribution in [-0.4, -0.2) is 30.0 Å². The van der Waals surface area contributed by atoms with Crippen LogP contribution in [0.25, 0.3) is 0 Å². The van der Waals surface area contributed by atoms with Gasteiger partial charge in [0.2, 0.25) is 0 Å². The van der Waals surface area contributed by atoms with Gasteiger partial charge in [-0.1, -0.05) is 18.2 Å². The number of nitrogens with two attached hydrogens (primary N) is 1. The van der Waals surface area contributed by atoms with Crippen LogP contribution in [0.5, 0.6) is 5.75 Å². The second-order valence-electron chi connectivity index (χ2n) is 3.92. The van der Waals surface area contributed by atoms with E-state index >= 15 is 0 Å². The Balaban J connectivity index is 2.30. The predicted octanol–water partition coefficient (Wildman–Crippen LogP) is 0.755. The van der Waals surface area contributed by atoms with Crippen LogP contribution in [0.3, 0.4) is 0 Å². The van der Waals surface area contributed by atoms with Gasteiger partial charge < -0.3 is 15.4 Å². The minimum Gasteiger partial charge on any atom is -0.481 e. The van der Waals surface area contributed by atoms with Crippen molar-refractivity contribution in [3.05, 3.63) is 29.8 Å². The van der Waals surface area contributed by atoms with Gasteiger partial charge in [0.25, 0.3) is 5.91 Å². The van der Waals surface area contributed by atoms with Crippen LogP contribution >= 0.6 is 0 Å². The van der Waals surface area contributed by atoms with Crippen molar-refractivity contribution in [1.29, 1.82) is 0 Å². The van der Waals surface area contributed by atoms with E-state index in [0.29, 0.717) is 19.6 Å². The Morgan fingerprint density at radius 3 is 3.00 bits per heavy atom. The molecule has 1 aromatic carbocycles. The first kappa shape index (κ1) is 11.0. The van der Waals surface area contributed by atoms with E-state index in [1.807, 2.05) is 24.3 Å². The van der Waals surface area contributed by atoms with Crippen molar-refractivity contribution in [3.8, 4) is 5.75 Å². The largest absolute Gasteiger partial charge is 0.481 e. The summed E-state index contributed by atoms with van der Waals surface area (Å²) >= 11 is 0. The van der Waals surface area contributed by atoms with Crippen LogP contribution < -0.4 is 10.5 Å². The molecule has 2 N–H and O–H groups in total. The van der Waals surface area contributed by atoms with Gasteiger partial charge in [0, 0.05) is 25.2 Å². The van der Waals surface area contributed by atoms with E-state index in [9.17, 15) is 4.79 Å². The number of carbonyl (C=O) groups is 1. The molecular weight excluding hydrogens is 204 g/mol. The SMILES string of the molecule is CC1Oc2ccccc2CN(CCN)C1=O. The zero-order chi connectivity index (χ0) is 11.5. The number of fused-ring (bicyclic) bond motifs is 1. The van der Waals surface area contributed by atoms with E-state index < -0.39 is 6.10 Å². The molecule has 1 aliphatic rings. The van der Waals surface area contributed by atoms with Crippen molar-refractivity contribution in [2.75, 3.05) is 13.1 Å². The lowest BCUT2D eigenvalue weighted by molar-refractivity contribution is -0.137. The van der Waals surface area contributed by atoms with Gasteiger partial charge in [-0.15, -0.1) is 0 Å². The zero-order valence-corrected chi connectivity index (χ0v) is 9.35. The third-order valence-electron chi connectivity index (χ3n) is 2.70. The van der Waals surface area contributed by atoms with Crippen LogP contribution in [0.1, 0.15) is 12.5 Å². The molecule has 0 aromatic heterocycles. The summed E-state index contributed by atoms with van der Waals surface area (Å²) in [4.78, 5) is 13.7. The van der Waals surface area contributed by atoms with Crippen LogP contribution in [0.15, 0.2) is 24.3 Å². The molecule has 2 rings (SSSR count). The summed E-state index contributed by atoms with van der Waals surface area (Å²) in [6.45, 7) is 3.39. The number of rotatable bonds is 2. The van der Waals surface area contributed by atoms with E-state index in [1.54, 1.807) is 11.8 Å². The Morgan fingerprint density at radius 1 is 1.50 bits per heavy atom. The summed E-state index contributed by atoms with van der Waals surface area (Å²) in [5.74, 6) is 0.796. The molecule has 4 nitrogen and oxygen atoms in total. The maximum Gasteiger partial charge on any atom is 0.263 e. The molecule has 1 aliphatic heterocycles. The fourth-order valence-corrected chi connectivity index (χ4v) is 1.88. The Bertz CT molecular complexity index is 392. The normalized spacial score (nSPS) is 20.0. The van der Waals surface area contributed by atoms with Gasteiger partial charge in [0.05, 0.1) is 0 Å². The standard InChI is InChI=1S/C12H16N2O2/c1-9-12(15)14(7-6-13)8-10-4-2-3-5-11(10)16-9/h2-5,9H,6-8,13H2,1H3. The van der Waals surface area contributed by atoms with E-state index in [0.717, 1.165) is 11.3 Å². The van der Waals surface area contributed by atoms with Crippen LogP contribution in [0.2, 0.25) is 0 Å². The lowest BCUT2D eigenvalue weighted by atomic mass is 10.2. The number of hydrogen-bond acceptors (Lipinski definition) is 3. The van der Waals surface area contributed by atoms with Crippen molar-refractivity contribution in [3.63, 3.8) is 0 Å². The molecule has 1 atom stereocenters. The smallest absolute Gasteiger partial charge is 0.263 e. The fraction of sp³-hybridized carbons (Fsp3) is 0.417. The maximum atomic E-state index is 11.9. The molecule has 0 aliphatic carbocycles. The number of nitrogens with zero attached hydrogens (tertiary/aromatic N) is 1. The molecule has 0 saturated heterocycles. The third kappa shape index (κ3) is 2.02. The fourth-order valence-electron chi connectivity index (χ4n) is 1.88. The average molecular weight is 220 g/mol. The van der Waals surface area contributed by atoms with Gasteiger partial charge in [-0.05, 0) is 13.0 Å². The highest BCUT2D eigenvalue weighted by atomic mass is 16.5. The van der Waals surface area contributed by atoms with Crippen molar-refractivity contribution in [2.24, 2.45) is 5.73 Å². The van der Waals surface area contributed by atoms with Crippen molar-refractivity contribution in [2.45, 2.75) is 19.6 Å². The van der Waals surface area contributed by atoms with E-state index in [1.165, 1.54) is 0 Å². The molecule has 4 heteroatoms. The minimum atomic E-state index is -0.435. The molecule has 0 bridgehead atoms. The van der Waals surface area contributed by atoms with E-state index in [4.69, 9.17) is 10.5 Å². The van der Waals surface area contributed by atoms with Gasteiger partial charge in [-0.3, -0.25) is 4.79 Å². The molecule has 0 radical (unpaired) electrons. The third-order valence-corrected chi connectivity index (χ3v) is 2.70. The van der Waals surface area contributed by atoms with Gasteiger partial charge in [-0.25, -0.2) is 0 Å². The summed E-state index contributed by atoms with van der Waals surface area (Å²) < 4.78 is 5.61. The topological polar surface area (TPSA) is 55.6 Å². The molecule has 0 saturated carbocycles. The molecular formula is C12H16N2O2. The van der Waals surface area contributed by atoms with Gasteiger partial charge in [0.1, 0.15) is 5.75 Å². The number of amides is 1. The predicted molar refractivity (Wildman–Crippen MR) is 61.0 cm³/mol. The molecule has 1 aromatic rings. The number of hydrogen-bond donors (Lipinski definition) is 1. The number of carbonyl (C=O) groups excluding carboxylic acids is 1. The number of benzene rings is 1. The summed E-state index contributed by atoms with van der Waals surface area (Å²) in [5.41, 5.74) is 6.54. The quantitative estimate of drug-likeness (QED) is 0.800. The molecule has 1 unspecified atom stereocenters. The van der Waals surface area contributed by atoms with Crippen LogP contribution in [-0.2, 0) is 11.3 Å². The van der Waals surface area contributed by atoms with Crippen molar-refractivity contribution in [1.82, 2.24) is 4.90 Å². The number of ether oxygens (including phenoxy) is 1. The van der Waals surface area contributed by atoms with Crippen molar-refractivity contribution < 1.29 is 9.53 Å². The first-order valence-electron chi connectivity index (χ1n) is 5.46.